The van der Waals surface area contributed by atoms with Crippen molar-refractivity contribution in [2.75, 3.05) is 19.7 Å². The van der Waals surface area contributed by atoms with Crippen LogP contribution in [0, 0.1) is 5.92 Å². The maximum atomic E-state index is 12.5. The molecule has 4 heteroatoms. The van der Waals surface area contributed by atoms with E-state index in [2.05, 4.69) is 25.2 Å². The first kappa shape index (κ1) is 19.4. The molecule has 1 heterocycles. The summed E-state index contributed by atoms with van der Waals surface area (Å²) in [6.07, 6.45) is 1.07. The van der Waals surface area contributed by atoms with Gasteiger partial charge in [-0.25, -0.2) is 4.79 Å². The van der Waals surface area contributed by atoms with E-state index in [0.29, 0.717) is 18.1 Å². The summed E-state index contributed by atoms with van der Waals surface area (Å²) in [6, 6.07) is 15.6. The molecule has 0 bridgehead atoms. The molecule has 2 aromatic rings. The van der Waals surface area contributed by atoms with E-state index < -0.39 is 0 Å². The molecule has 1 aliphatic rings. The van der Waals surface area contributed by atoms with Crippen molar-refractivity contribution in [2.24, 2.45) is 5.92 Å². The summed E-state index contributed by atoms with van der Waals surface area (Å²) in [5.74, 6) is 1.06. The average molecular weight is 367 g/mol. The zero-order valence-electron chi connectivity index (χ0n) is 16.5. The molecule has 1 N–H and O–H groups in total. The number of rotatable bonds is 6. The van der Waals surface area contributed by atoms with Crippen LogP contribution in [0.25, 0.3) is 0 Å². The fourth-order valence-corrected chi connectivity index (χ4v) is 3.65. The molecule has 144 valence electrons. The van der Waals surface area contributed by atoms with Crippen LogP contribution in [-0.2, 0) is 16.8 Å². The van der Waals surface area contributed by atoms with Crippen LogP contribution < -0.4 is 10.1 Å². The molecule has 0 aliphatic carbocycles. The van der Waals surface area contributed by atoms with Crippen LogP contribution >= 0.6 is 0 Å². The number of hydrogen-bond acceptors (Lipinski definition) is 4. The zero-order chi connectivity index (χ0) is 19.3. The Morgan fingerprint density at radius 3 is 2.70 bits per heavy atom. The molecule has 1 saturated heterocycles. The summed E-state index contributed by atoms with van der Waals surface area (Å²) < 4.78 is 11.0. The van der Waals surface area contributed by atoms with Crippen LogP contribution in [-0.4, -0.2) is 25.7 Å². The summed E-state index contributed by atoms with van der Waals surface area (Å²) in [7, 11) is 0. The van der Waals surface area contributed by atoms with Gasteiger partial charge in [0.05, 0.1) is 12.2 Å². The van der Waals surface area contributed by atoms with E-state index in [-0.39, 0.29) is 18.0 Å². The van der Waals surface area contributed by atoms with Gasteiger partial charge in [0.25, 0.3) is 0 Å². The van der Waals surface area contributed by atoms with E-state index >= 15 is 0 Å². The van der Waals surface area contributed by atoms with Gasteiger partial charge in [-0.1, -0.05) is 38.1 Å². The van der Waals surface area contributed by atoms with Gasteiger partial charge in [0.2, 0.25) is 0 Å². The van der Waals surface area contributed by atoms with Gasteiger partial charge in [0.15, 0.2) is 0 Å². The van der Waals surface area contributed by atoms with Gasteiger partial charge in [0, 0.05) is 0 Å². The minimum Gasteiger partial charge on any atom is -0.494 e. The summed E-state index contributed by atoms with van der Waals surface area (Å²) in [5, 5.41) is 3.45. The predicted molar refractivity (Wildman–Crippen MR) is 107 cm³/mol. The second kappa shape index (κ2) is 8.57. The lowest BCUT2D eigenvalue weighted by molar-refractivity contribution is 0.0472. The Morgan fingerprint density at radius 1 is 1.22 bits per heavy atom. The van der Waals surface area contributed by atoms with Crippen LogP contribution in [0.2, 0.25) is 0 Å². The van der Waals surface area contributed by atoms with E-state index in [0.717, 1.165) is 30.8 Å². The van der Waals surface area contributed by atoms with Gasteiger partial charge in [-0.05, 0) is 73.2 Å². The van der Waals surface area contributed by atoms with Gasteiger partial charge >= 0.3 is 5.97 Å². The third-order valence-corrected chi connectivity index (χ3v) is 5.72. The first-order chi connectivity index (χ1) is 13.0. The molecule has 0 aromatic heterocycles. The van der Waals surface area contributed by atoms with Gasteiger partial charge in [-0.15, -0.1) is 0 Å². The molecular weight excluding hydrogens is 338 g/mol. The summed E-state index contributed by atoms with van der Waals surface area (Å²) in [6.45, 7) is 9.42. The quantitative estimate of drug-likeness (QED) is 0.772. The minimum absolute atomic E-state index is 0.0800. The monoisotopic (exact) mass is 367 g/mol. The highest BCUT2D eigenvalue weighted by atomic mass is 16.5. The van der Waals surface area contributed by atoms with Crippen molar-refractivity contribution in [1.82, 2.24) is 5.32 Å². The molecule has 1 aliphatic heterocycles. The molecule has 0 amide bonds. The predicted octanol–water partition coefficient (Wildman–Crippen LogP) is 4.33. The molecule has 3 rings (SSSR count). The van der Waals surface area contributed by atoms with Crippen LogP contribution in [0.5, 0.6) is 5.75 Å². The lowest BCUT2D eigenvalue weighted by atomic mass is 9.68. The number of carbonyl (C=O) groups is 1. The van der Waals surface area contributed by atoms with Gasteiger partial charge in [0.1, 0.15) is 12.4 Å². The number of carbonyl (C=O) groups excluding carboxylic acids is 1. The molecule has 0 unspecified atom stereocenters. The van der Waals surface area contributed by atoms with E-state index in [9.17, 15) is 4.79 Å². The smallest absolute Gasteiger partial charge is 0.338 e. The minimum atomic E-state index is -0.282. The maximum absolute atomic E-state index is 12.5. The highest BCUT2D eigenvalue weighted by Gasteiger charge is 2.35. The zero-order valence-corrected chi connectivity index (χ0v) is 16.5. The van der Waals surface area contributed by atoms with E-state index in [1.807, 2.05) is 49.4 Å². The van der Waals surface area contributed by atoms with Gasteiger partial charge in [-0.2, -0.15) is 0 Å². The van der Waals surface area contributed by atoms with Crippen molar-refractivity contribution >= 4 is 5.97 Å². The van der Waals surface area contributed by atoms with Crippen LogP contribution in [0.1, 0.15) is 48.7 Å². The first-order valence-electron chi connectivity index (χ1n) is 9.73. The van der Waals surface area contributed by atoms with Crippen molar-refractivity contribution in [3.63, 3.8) is 0 Å². The first-order valence-corrected chi connectivity index (χ1v) is 9.73. The summed E-state index contributed by atoms with van der Waals surface area (Å²) >= 11 is 0. The van der Waals surface area contributed by atoms with Gasteiger partial charge in [-0.3, -0.25) is 0 Å². The lowest BCUT2D eigenvalue weighted by Gasteiger charge is -2.40. The largest absolute Gasteiger partial charge is 0.494 e. The van der Waals surface area contributed by atoms with Crippen molar-refractivity contribution < 1.29 is 14.3 Å². The second-order valence-electron chi connectivity index (χ2n) is 7.51. The third kappa shape index (κ3) is 4.51. The van der Waals surface area contributed by atoms with Crippen molar-refractivity contribution in [2.45, 2.75) is 39.2 Å². The van der Waals surface area contributed by atoms with Crippen LogP contribution in [0.15, 0.2) is 48.5 Å². The molecular formula is C23H29NO3. The molecule has 0 saturated carbocycles. The molecule has 0 spiro atoms. The van der Waals surface area contributed by atoms with Crippen molar-refractivity contribution in [3.8, 4) is 5.75 Å². The Labute approximate surface area is 161 Å². The summed E-state index contributed by atoms with van der Waals surface area (Å²) in [4.78, 5) is 12.5. The number of ether oxygens (including phenoxy) is 2. The Morgan fingerprint density at radius 2 is 2.00 bits per heavy atom. The normalized spacial score (nSPS) is 22.3. The number of piperidine rings is 1. The van der Waals surface area contributed by atoms with E-state index in [4.69, 9.17) is 9.47 Å². The number of esters is 1. The van der Waals surface area contributed by atoms with Gasteiger partial charge < -0.3 is 14.8 Å². The van der Waals surface area contributed by atoms with Crippen molar-refractivity contribution in [3.05, 3.63) is 65.2 Å². The number of benzene rings is 2. The fourth-order valence-electron chi connectivity index (χ4n) is 3.65. The molecule has 27 heavy (non-hydrogen) atoms. The Hall–Kier alpha value is -2.33. The Kier molecular flexibility index (Phi) is 6.17. The maximum Gasteiger partial charge on any atom is 0.338 e. The van der Waals surface area contributed by atoms with Crippen molar-refractivity contribution in [1.29, 1.82) is 0 Å². The van der Waals surface area contributed by atoms with Crippen LogP contribution in [0.3, 0.4) is 0 Å². The second-order valence-corrected chi connectivity index (χ2v) is 7.51. The third-order valence-electron chi connectivity index (χ3n) is 5.72. The standard InChI is InChI=1S/C23H29NO3/c1-4-26-21-10-8-18(9-11-21)16-27-22(25)19-6-5-7-20(14-19)23(3)12-13-24-15-17(23)2/h5-11,14,17,24H,4,12-13,15-16H2,1-3H3/t17-,23+/m0/s1. The molecule has 0 radical (unpaired) electrons. The highest BCUT2D eigenvalue weighted by Crippen LogP contribution is 2.37. The Bertz CT molecular complexity index is 771. The topological polar surface area (TPSA) is 47.6 Å². The molecule has 4 nitrogen and oxygen atoms in total. The SMILES string of the molecule is CCOc1ccc(COC(=O)c2cccc([C@]3(C)CCNC[C@@H]3C)c2)cc1. The number of nitrogens with one attached hydrogen (secondary N) is 1. The Balaban J connectivity index is 1.66. The lowest BCUT2D eigenvalue weighted by Crippen LogP contribution is -2.45. The molecule has 2 atom stereocenters. The fraction of sp³-hybridized carbons (Fsp3) is 0.435. The number of hydrogen-bond donors (Lipinski definition) is 1. The van der Waals surface area contributed by atoms with E-state index in [1.165, 1.54) is 5.56 Å². The highest BCUT2D eigenvalue weighted by molar-refractivity contribution is 5.89. The molecule has 1 fully saturated rings. The van der Waals surface area contributed by atoms with E-state index in [1.54, 1.807) is 0 Å². The molecule has 2 aromatic carbocycles. The summed E-state index contributed by atoms with van der Waals surface area (Å²) in [5.41, 5.74) is 2.86. The average Bonchev–Trinajstić information content (AvgIpc) is 2.70. The van der Waals surface area contributed by atoms with Crippen LogP contribution in [0.4, 0.5) is 0 Å².